The summed E-state index contributed by atoms with van der Waals surface area (Å²) in [6.07, 6.45) is 3.90. The highest BCUT2D eigenvalue weighted by molar-refractivity contribution is 7.90. The Bertz CT molecular complexity index is 658. The van der Waals surface area contributed by atoms with Crippen LogP contribution in [0, 0.1) is 5.82 Å². The number of hydrogen-bond donors (Lipinski definition) is 1. The second-order valence-corrected chi connectivity index (χ2v) is 7.86. The van der Waals surface area contributed by atoms with Crippen molar-refractivity contribution in [1.82, 2.24) is 9.62 Å². The van der Waals surface area contributed by atoms with Gasteiger partial charge in [0.05, 0.1) is 5.69 Å². The Balaban J connectivity index is 2.24. The molecule has 1 aliphatic carbocycles. The van der Waals surface area contributed by atoms with Gasteiger partial charge in [-0.3, -0.25) is 4.79 Å². The number of nitrogens with zero attached hydrogens (tertiary/aromatic N) is 2. The molecule has 0 spiro atoms. The van der Waals surface area contributed by atoms with Gasteiger partial charge in [-0.1, -0.05) is 25.0 Å². The van der Waals surface area contributed by atoms with Crippen molar-refractivity contribution in [2.24, 2.45) is 0 Å². The normalized spacial score (nSPS) is 15.8. The van der Waals surface area contributed by atoms with Crippen LogP contribution in [0.2, 0.25) is 0 Å². The molecule has 1 fully saturated rings. The number of anilines is 1. The second-order valence-electron chi connectivity index (χ2n) is 5.80. The lowest BCUT2D eigenvalue weighted by atomic mass is 10.2. The molecule has 8 heteroatoms. The van der Waals surface area contributed by atoms with Gasteiger partial charge in [0, 0.05) is 20.1 Å². The Morgan fingerprint density at radius 1 is 1.26 bits per heavy atom. The summed E-state index contributed by atoms with van der Waals surface area (Å²) in [6, 6.07) is 5.59. The monoisotopic (exact) mass is 343 g/mol. The van der Waals surface area contributed by atoms with E-state index in [0.717, 1.165) is 34.3 Å². The lowest BCUT2D eigenvalue weighted by Crippen LogP contribution is -2.47. The van der Waals surface area contributed by atoms with Crippen molar-refractivity contribution in [2.75, 3.05) is 24.9 Å². The summed E-state index contributed by atoms with van der Waals surface area (Å²) in [5.41, 5.74) is -0.136. The topological polar surface area (TPSA) is 69.7 Å². The van der Waals surface area contributed by atoms with Crippen LogP contribution in [0.25, 0.3) is 0 Å². The van der Waals surface area contributed by atoms with E-state index in [4.69, 9.17) is 0 Å². The Kier molecular flexibility index (Phi) is 5.59. The van der Waals surface area contributed by atoms with Gasteiger partial charge in [-0.25, -0.2) is 8.70 Å². The number of amides is 1. The third kappa shape index (κ3) is 4.20. The summed E-state index contributed by atoms with van der Waals surface area (Å²) in [7, 11) is -1.29. The highest BCUT2D eigenvalue weighted by Crippen LogP contribution is 2.23. The van der Waals surface area contributed by atoms with Gasteiger partial charge in [-0.15, -0.1) is 0 Å². The van der Waals surface area contributed by atoms with E-state index in [-0.39, 0.29) is 11.7 Å². The van der Waals surface area contributed by atoms with Crippen molar-refractivity contribution in [3.8, 4) is 0 Å². The highest BCUT2D eigenvalue weighted by atomic mass is 32.2. The summed E-state index contributed by atoms with van der Waals surface area (Å²) < 4.78 is 40.7. The number of carbonyl (C=O) groups excluding carboxylic acids is 1. The van der Waals surface area contributed by atoms with Gasteiger partial charge in [0.25, 0.3) is 0 Å². The van der Waals surface area contributed by atoms with E-state index in [1.807, 2.05) is 0 Å². The van der Waals surface area contributed by atoms with Crippen LogP contribution in [-0.4, -0.2) is 45.3 Å². The van der Waals surface area contributed by atoms with E-state index in [1.165, 1.54) is 38.4 Å². The number of halogens is 1. The second kappa shape index (κ2) is 7.27. The van der Waals surface area contributed by atoms with E-state index >= 15 is 0 Å². The summed E-state index contributed by atoms with van der Waals surface area (Å²) in [4.78, 5) is 12.2. The minimum atomic E-state index is -3.98. The Morgan fingerprint density at radius 2 is 1.87 bits per heavy atom. The molecular weight excluding hydrogens is 321 g/mol. The average molecular weight is 343 g/mol. The van der Waals surface area contributed by atoms with E-state index in [2.05, 4.69) is 5.32 Å². The van der Waals surface area contributed by atoms with Crippen LogP contribution in [-0.2, 0) is 15.0 Å². The summed E-state index contributed by atoms with van der Waals surface area (Å²) >= 11 is 0. The third-order valence-electron chi connectivity index (χ3n) is 3.87. The Hall–Kier alpha value is -1.67. The van der Waals surface area contributed by atoms with Gasteiger partial charge < -0.3 is 5.32 Å². The molecule has 128 valence electrons. The first-order valence-electron chi connectivity index (χ1n) is 7.56. The predicted molar refractivity (Wildman–Crippen MR) is 86.8 cm³/mol. The van der Waals surface area contributed by atoms with Crippen molar-refractivity contribution in [1.29, 1.82) is 0 Å². The molecule has 0 aliphatic heterocycles. The molecular formula is C15H22FN3O3S. The highest BCUT2D eigenvalue weighted by Gasteiger charge is 2.30. The van der Waals surface area contributed by atoms with Crippen molar-refractivity contribution in [3.63, 3.8) is 0 Å². The van der Waals surface area contributed by atoms with Crippen LogP contribution in [0.15, 0.2) is 24.3 Å². The zero-order valence-corrected chi connectivity index (χ0v) is 14.1. The molecule has 1 saturated carbocycles. The fraction of sp³-hybridized carbons (Fsp3) is 0.533. The molecule has 6 nitrogen and oxygen atoms in total. The standard InChI is InChI=1S/C15H22FN3O3S/c1-18(2)23(21,22)19(14-10-6-5-9-13(14)16)11-15(20)17-12-7-3-4-8-12/h5-6,9-10,12H,3-4,7-8,11H2,1-2H3,(H,17,20). The molecule has 1 aromatic carbocycles. The van der Waals surface area contributed by atoms with E-state index in [0.29, 0.717) is 0 Å². The van der Waals surface area contributed by atoms with Crippen molar-refractivity contribution in [2.45, 2.75) is 31.7 Å². The van der Waals surface area contributed by atoms with Crippen LogP contribution >= 0.6 is 0 Å². The maximum Gasteiger partial charge on any atom is 0.304 e. The van der Waals surface area contributed by atoms with Crippen molar-refractivity contribution in [3.05, 3.63) is 30.1 Å². The molecule has 2 rings (SSSR count). The van der Waals surface area contributed by atoms with Crippen LogP contribution in [0.3, 0.4) is 0 Å². The number of benzene rings is 1. The molecule has 0 aromatic heterocycles. The minimum absolute atomic E-state index is 0.0760. The lowest BCUT2D eigenvalue weighted by Gasteiger charge is -2.27. The number of carbonyl (C=O) groups is 1. The summed E-state index contributed by atoms with van der Waals surface area (Å²) in [6.45, 7) is -0.446. The molecule has 0 saturated heterocycles. The molecule has 0 heterocycles. The Labute approximate surface area is 136 Å². The molecule has 1 amide bonds. The number of hydrogen-bond acceptors (Lipinski definition) is 3. The van der Waals surface area contributed by atoms with Crippen LogP contribution in [0.1, 0.15) is 25.7 Å². The van der Waals surface area contributed by atoms with Crippen molar-refractivity contribution < 1.29 is 17.6 Å². The largest absolute Gasteiger partial charge is 0.352 e. The van der Waals surface area contributed by atoms with E-state index in [9.17, 15) is 17.6 Å². The first kappa shape index (κ1) is 17.7. The zero-order chi connectivity index (χ0) is 17.0. The molecule has 0 radical (unpaired) electrons. The maximum absolute atomic E-state index is 14.0. The molecule has 0 bridgehead atoms. The van der Waals surface area contributed by atoms with Gasteiger partial charge in [-0.2, -0.15) is 12.7 Å². The van der Waals surface area contributed by atoms with Gasteiger partial charge >= 0.3 is 10.2 Å². The maximum atomic E-state index is 14.0. The molecule has 0 atom stereocenters. The lowest BCUT2D eigenvalue weighted by molar-refractivity contribution is -0.120. The smallest absolute Gasteiger partial charge is 0.304 e. The van der Waals surface area contributed by atoms with Gasteiger partial charge in [-0.05, 0) is 25.0 Å². The van der Waals surface area contributed by atoms with E-state index in [1.54, 1.807) is 0 Å². The molecule has 1 N–H and O–H groups in total. The quantitative estimate of drug-likeness (QED) is 0.851. The van der Waals surface area contributed by atoms with Gasteiger partial charge in [0.2, 0.25) is 5.91 Å². The van der Waals surface area contributed by atoms with Crippen LogP contribution in [0.4, 0.5) is 10.1 Å². The number of rotatable bonds is 6. The first-order chi connectivity index (χ1) is 10.8. The van der Waals surface area contributed by atoms with Gasteiger partial charge in [0.15, 0.2) is 0 Å². The average Bonchev–Trinajstić information content (AvgIpc) is 2.98. The number of nitrogens with one attached hydrogen (secondary N) is 1. The van der Waals surface area contributed by atoms with Crippen LogP contribution < -0.4 is 9.62 Å². The number of para-hydroxylation sites is 1. The van der Waals surface area contributed by atoms with Gasteiger partial charge in [0.1, 0.15) is 12.4 Å². The molecule has 0 unspecified atom stereocenters. The minimum Gasteiger partial charge on any atom is -0.352 e. The predicted octanol–water partition coefficient (Wildman–Crippen LogP) is 1.50. The van der Waals surface area contributed by atoms with Crippen LogP contribution in [0.5, 0.6) is 0 Å². The third-order valence-corrected chi connectivity index (χ3v) is 5.67. The fourth-order valence-electron chi connectivity index (χ4n) is 2.62. The SMILES string of the molecule is CN(C)S(=O)(=O)N(CC(=O)NC1CCCC1)c1ccccc1F. The molecule has 23 heavy (non-hydrogen) atoms. The van der Waals surface area contributed by atoms with Crippen molar-refractivity contribution >= 4 is 21.8 Å². The first-order valence-corrected chi connectivity index (χ1v) is 8.96. The Morgan fingerprint density at radius 3 is 2.43 bits per heavy atom. The zero-order valence-electron chi connectivity index (χ0n) is 13.3. The summed E-state index contributed by atoms with van der Waals surface area (Å²) in [5, 5.41) is 2.82. The van der Waals surface area contributed by atoms with E-state index < -0.39 is 28.5 Å². The molecule has 1 aliphatic rings. The molecule has 1 aromatic rings. The fourth-order valence-corrected chi connectivity index (χ4v) is 3.69. The summed E-state index contributed by atoms with van der Waals surface area (Å²) in [5.74, 6) is -1.11.